The highest BCUT2D eigenvalue weighted by atomic mass is 28.4. The summed E-state index contributed by atoms with van der Waals surface area (Å²) in [5.74, 6) is -4.39. The van der Waals surface area contributed by atoms with Gasteiger partial charge in [0.2, 0.25) is 5.91 Å². The monoisotopic (exact) mass is 1280 g/mol. The van der Waals surface area contributed by atoms with Gasteiger partial charge in [0, 0.05) is 79.1 Å². The normalized spacial score (nSPS) is 13.7. The molecule has 0 aliphatic rings. The summed E-state index contributed by atoms with van der Waals surface area (Å²) >= 11 is 0. The van der Waals surface area contributed by atoms with E-state index in [1.54, 1.807) is 74.8 Å². The zero-order valence-corrected chi connectivity index (χ0v) is 57.6. The van der Waals surface area contributed by atoms with Crippen LogP contribution in [0.4, 0.5) is 22.4 Å². The minimum Gasteiger partial charge on any atom is -0.444 e. The highest BCUT2D eigenvalue weighted by Gasteiger charge is 2.42. The Morgan fingerprint density at radius 1 is 0.533 bits per heavy atom. The van der Waals surface area contributed by atoms with E-state index in [1.165, 1.54) is 18.2 Å². The van der Waals surface area contributed by atoms with Crippen LogP contribution in [0.5, 0.6) is 0 Å². The number of unbranched alkanes of at least 4 members (excludes halogenated alkanes) is 1. The van der Waals surface area contributed by atoms with E-state index in [1.807, 2.05) is 48.5 Å². The lowest BCUT2D eigenvalue weighted by molar-refractivity contribution is -0.122. The molecule has 0 unspecified atom stereocenters. The number of alkyl carbamates (subject to hydrolysis) is 1. The average molecular weight is 1280 g/mol. The molecule has 0 heterocycles. The summed E-state index contributed by atoms with van der Waals surface area (Å²) < 4.78 is 69.1. The number of nitrogens with zero attached hydrogens (tertiary/aromatic N) is 2. The highest BCUT2D eigenvalue weighted by molar-refractivity contribution is 6.74. The van der Waals surface area contributed by atoms with Crippen LogP contribution >= 0.6 is 0 Å². The number of carbonyl (C=O) groups excluding carboxylic acids is 6. The second kappa shape index (κ2) is 36.4. The molecule has 0 aliphatic carbocycles. The number of aliphatic hydroxyl groups excluding tert-OH is 1. The predicted octanol–water partition coefficient (Wildman–Crippen LogP) is 13.9. The molecule has 0 fully saturated rings. The maximum absolute atomic E-state index is 14.4. The topological polar surface area (TPSA) is 196 Å². The highest BCUT2D eigenvalue weighted by Crippen LogP contribution is 2.38. The maximum atomic E-state index is 14.4. The van der Waals surface area contributed by atoms with Crippen LogP contribution < -0.4 is 21.3 Å². The molecule has 0 radical (unpaired) electrons. The molecular formula is C70H104F4N6O9Si. The molecule has 4 rings (SSSR count). The Hall–Kier alpha value is -6.64. The first kappa shape index (κ1) is 77.6. The van der Waals surface area contributed by atoms with Crippen molar-refractivity contribution in [1.82, 2.24) is 31.1 Å². The number of aliphatic hydroxyl groups is 1. The van der Waals surface area contributed by atoms with Crippen molar-refractivity contribution < 1.29 is 60.6 Å². The number of aryl methyl sites for hydroxylation is 2. The molecular weight excluding hydrogens is 1170 g/mol. The number of hydrogen-bond donors (Lipinski definition) is 5. The van der Waals surface area contributed by atoms with Crippen LogP contribution in [0.2, 0.25) is 18.1 Å². The van der Waals surface area contributed by atoms with E-state index in [-0.39, 0.29) is 65.1 Å². The largest absolute Gasteiger partial charge is 0.444 e. The van der Waals surface area contributed by atoms with Crippen molar-refractivity contribution in [3.63, 3.8) is 0 Å². The van der Waals surface area contributed by atoms with Gasteiger partial charge in [0.05, 0.1) is 24.3 Å². The van der Waals surface area contributed by atoms with E-state index in [0.717, 1.165) is 73.9 Å². The smallest absolute Gasteiger partial charge is 0.407 e. The molecule has 6 atom stereocenters. The third-order valence-corrected chi connectivity index (χ3v) is 19.9. The maximum Gasteiger partial charge on any atom is 0.407 e. The zero-order chi connectivity index (χ0) is 67.8. The molecule has 4 aromatic rings. The molecule has 0 spiro atoms. The first-order valence-electron chi connectivity index (χ1n) is 32.0. The van der Waals surface area contributed by atoms with E-state index < -0.39 is 91.5 Å². The first-order valence-corrected chi connectivity index (χ1v) is 34.9. The standard InChI is InChI=1S/C38H59F2N3O5Si.C32H45F2N3O4/c1-13-15-43(16-14-2)35(45)29-18-25(3)17-28(23-29)34(44)42-32(22-27-20-30(39)24-31(40)21-27)33(48-49(11,12)38(8,9)10)19-26(4)41-36(46)47-37(5,6)7;1-6-9-10-30(39)35-22(5)15-29(38)28(18-23-16-26(33)20-27(34)17-23)36-31(40)24-13-21(4)14-25(19-24)32(41)37(11-7-2)12-8-3/h17-18,20-21,23-24,26,32-33H,13-16,19,22H2,1-12H3,(H,41,46)(H,42,44);13-14,16-17,19-20,22,28-29,38H,6-12,15,18H2,1-5H3,(H,35,39)(H,36,40)/t26-,32-,33-;22-,28-,29-/m00/s1. The molecule has 0 saturated heterocycles. The summed E-state index contributed by atoms with van der Waals surface area (Å²) in [5, 5.41) is 22.6. The average Bonchev–Trinajstić information content (AvgIpc) is 0.907. The van der Waals surface area contributed by atoms with Crippen LogP contribution in [0, 0.1) is 37.1 Å². The summed E-state index contributed by atoms with van der Waals surface area (Å²) in [6.07, 6.45) is 3.24. The van der Waals surface area contributed by atoms with Crippen molar-refractivity contribution in [3.8, 4) is 0 Å². The number of benzene rings is 4. The van der Waals surface area contributed by atoms with Gasteiger partial charge in [-0.3, -0.25) is 24.0 Å². The Bertz CT molecular complexity index is 2950. The van der Waals surface area contributed by atoms with E-state index in [2.05, 4.69) is 55.1 Å². The fourth-order valence-electron chi connectivity index (χ4n) is 10.2. The summed E-state index contributed by atoms with van der Waals surface area (Å²) in [6, 6.07) is 13.8. The van der Waals surface area contributed by atoms with Gasteiger partial charge < -0.3 is 45.3 Å². The Balaban J connectivity index is 0.000000478. The number of nitrogens with one attached hydrogen (secondary N) is 4. The third-order valence-electron chi connectivity index (χ3n) is 15.4. The van der Waals surface area contributed by atoms with Gasteiger partial charge in [0.25, 0.3) is 23.6 Å². The lowest BCUT2D eigenvalue weighted by Gasteiger charge is -2.42. The van der Waals surface area contributed by atoms with Gasteiger partial charge in [0.15, 0.2) is 8.32 Å². The molecule has 0 bridgehead atoms. The number of halogens is 4. The molecule has 20 heteroatoms. The Labute approximate surface area is 534 Å². The summed E-state index contributed by atoms with van der Waals surface area (Å²) in [5.41, 5.74) is 2.72. The fourth-order valence-corrected chi connectivity index (χ4v) is 11.6. The number of rotatable bonds is 31. The lowest BCUT2D eigenvalue weighted by Crippen LogP contribution is -2.54. The van der Waals surface area contributed by atoms with E-state index in [4.69, 9.17) is 9.16 Å². The molecule has 4 aromatic carbocycles. The van der Waals surface area contributed by atoms with E-state index in [9.17, 15) is 51.4 Å². The second-order valence-electron chi connectivity index (χ2n) is 26.5. The quantitative estimate of drug-likeness (QED) is 0.0241. The molecule has 5 N–H and O–H groups in total. The number of amides is 6. The van der Waals surface area contributed by atoms with Crippen LogP contribution in [-0.2, 0) is 26.8 Å². The zero-order valence-electron chi connectivity index (χ0n) is 56.6. The molecule has 500 valence electrons. The van der Waals surface area contributed by atoms with Crippen LogP contribution in [0.3, 0.4) is 0 Å². The fraction of sp³-hybridized carbons (Fsp3) is 0.571. The van der Waals surface area contributed by atoms with E-state index >= 15 is 0 Å². The molecule has 0 aliphatic heterocycles. The van der Waals surface area contributed by atoms with Crippen molar-refractivity contribution in [1.29, 1.82) is 0 Å². The van der Waals surface area contributed by atoms with E-state index in [0.29, 0.717) is 49.3 Å². The van der Waals surface area contributed by atoms with Crippen LogP contribution in [0.15, 0.2) is 72.8 Å². The molecule has 0 saturated carbocycles. The summed E-state index contributed by atoms with van der Waals surface area (Å²) in [7, 11) is -2.50. The lowest BCUT2D eigenvalue weighted by atomic mass is 9.95. The third kappa shape index (κ3) is 26.7. The van der Waals surface area contributed by atoms with Gasteiger partial charge in [-0.25, -0.2) is 22.4 Å². The minimum absolute atomic E-state index is 0.0452. The van der Waals surface area contributed by atoms with Crippen LogP contribution in [0.25, 0.3) is 0 Å². The van der Waals surface area contributed by atoms with Crippen molar-refractivity contribution in [2.24, 2.45) is 0 Å². The molecule has 15 nitrogen and oxygen atoms in total. The first-order chi connectivity index (χ1) is 42.0. The van der Waals surface area contributed by atoms with Gasteiger partial charge in [0.1, 0.15) is 28.9 Å². The molecule has 6 amide bonds. The van der Waals surface area contributed by atoms with Crippen molar-refractivity contribution >= 4 is 43.9 Å². The van der Waals surface area contributed by atoms with Gasteiger partial charge in [-0.2, -0.15) is 0 Å². The Morgan fingerprint density at radius 2 is 0.922 bits per heavy atom. The van der Waals surface area contributed by atoms with Crippen molar-refractivity contribution in [2.45, 2.75) is 235 Å². The van der Waals surface area contributed by atoms with Gasteiger partial charge in [-0.05, 0) is 207 Å². The van der Waals surface area contributed by atoms with Gasteiger partial charge in [-0.15, -0.1) is 0 Å². The van der Waals surface area contributed by atoms with Gasteiger partial charge >= 0.3 is 6.09 Å². The van der Waals surface area contributed by atoms with Crippen LogP contribution in [-0.4, -0.2) is 127 Å². The Morgan fingerprint density at radius 3 is 1.31 bits per heavy atom. The predicted molar refractivity (Wildman–Crippen MR) is 351 cm³/mol. The SMILES string of the molecule is CCCCC(=O)N[C@@H](C)C[C@H](O)[C@H](Cc1cc(F)cc(F)c1)NC(=O)c1cc(C)cc(C(=O)N(CCC)CCC)c1.CCCN(CCC)C(=O)c1cc(C)cc(C(=O)N[C@@H](Cc2cc(F)cc(F)c2)[C@H](C[C@H](C)NC(=O)OC(C)(C)C)O[Si](C)(C)C(C)(C)C)c1. The molecule has 90 heavy (non-hydrogen) atoms. The number of hydrogen-bond acceptors (Lipinski definition) is 9. The molecule has 0 aromatic heterocycles. The Kier molecular flexibility index (Phi) is 31.4. The van der Waals surface area contributed by atoms with Gasteiger partial charge in [-0.1, -0.05) is 61.8 Å². The summed E-state index contributed by atoms with van der Waals surface area (Å²) in [4.78, 5) is 82.7. The van der Waals surface area contributed by atoms with Crippen molar-refractivity contribution in [3.05, 3.63) is 141 Å². The van der Waals surface area contributed by atoms with Crippen LogP contribution in [0.1, 0.15) is 211 Å². The summed E-state index contributed by atoms with van der Waals surface area (Å²) in [6.45, 7) is 35.4. The number of carbonyl (C=O) groups is 6. The second-order valence-corrected chi connectivity index (χ2v) is 31.2. The number of ether oxygens (including phenoxy) is 1. The van der Waals surface area contributed by atoms with Crippen molar-refractivity contribution in [2.75, 3.05) is 26.2 Å². The minimum atomic E-state index is -2.50.